The van der Waals surface area contributed by atoms with Gasteiger partial charge in [-0.15, -0.1) is 0 Å². The van der Waals surface area contributed by atoms with Gasteiger partial charge in [-0.1, -0.05) is 62.9 Å². The Morgan fingerprint density at radius 1 is 1.08 bits per heavy atom. The number of hydrogen-bond donors (Lipinski definition) is 0. The van der Waals surface area contributed by atoms with Gasteiger partial charge < -0.3 is 9.90 Å². The number of aromatic nitrogens is 2. The number of hydrogen-bond acceptors (Lipinski definition) is 2. The lowest BCUT2D eigenvalue weighted by atomic mass is 10.1. The van der Waals surface area contributed by atoms with Crippen molar-refractivity contribution in [3.63, 3.8) is 0 Å². The number of unbranched alkanes of at least 4 members (excludes halogenated alkanes) is 4. The molecule has 1 aromatic heterocycles. The standard InChI is InChI=1S/C21H30N2O2/c1-2-3-4-5-9-13-20-22(15-10-14-21(24)25)16-17-23(20)18-19-11-7-6-8-12-19/h6-8,11-12,16-17H,2-5,9-10,13-15,18H2,1H3. The van der Waals surface area contributed by atoms with Gasteiger partial charge in [0.1, 0.15) is 18.9 Å². The van der Waals surface area contributed by atoms with E-state index < -0.39 is 5.97 Å². The van der Waals surface area contributed by atoms with Crippen LogP contribution in [-0.2, 0) is 24.3 Å². The zero-order chi connectivity index (χ0) is 17.9. The Balaban J connectivity index is 2.02. The van der Waals surface area contributed by atoms with Crippen molar-refractivity contribution in [1.29, 1.82) is 0 Å². The highest BCUT2D eigenvalue weighted by atomic mass is 16.4. The van der Waals surface area contributed by atoms with Crippen molar-refractivity contribution in [1.82, 2.24) is 4.57 Å². The second kappa shape index (κ2) is 10.7. The molecule has 1 aromatic carbocycles. The molecule has 0 saturated heterocycles. The highest BCUT2D eigenvalue weighted by Crippen LogP contribution is 2.09. The quantitative estimate of drug-likeness (QED) is 0.440. The Morgan fingerprint density at radius 2 is 1.84 bits per heavy atom. The van der Waals surface area contributed by atoms with Crippen LogP contribution in [0.1, 0.15) is 63.3 Å². The molecule has 0 aliphatic carbocycles. The Labute approximate surface area is 151 Å². The molecule has 0 fully saturated rings. The maximum atomic E-state index is 10.7. The van der Waals surface area contributed by atoms with Crippen LogP contribution < -0.4 is 9.67 Å². The minimum absolute atomic E-state index is 0.118. The lowest BCUT2D eigenvalue weighted by Crippen LogP contribution is -2.38. The average molecular weight is 342 g/mol. The van der Waals surface area contributed by atoms with E-state index in [0.29, 0.717) is 6.42 Å². The smallest absolute Gasteiger partial charge is 0.256 e. The number of nitrogens with zero attached hydrogens (tertiary/aromatic N) is 2. The van der Waals surface area contributed by atoms with E-state index in [2.05, 4.69) is 52.7 Å². The molecule has 136 valence electrons. The van der Waals surface area contributed by atoms with Crippen molar-refractivity contribution >= 4 is 5.97 Å². The lowest BCUT2D eigenvalue weighted by molar-refractivity contribution is -0.695. The monoisotopic (exact) mass is 342 g/mol. The first kappa shape index (κ1) is 19.2. The molecule has 0 bridgehead atoms. The van der Waals surface area contributed by atoms with Crippen molar-refractivity contribution in [3.05, 3.63) is 54.1 Å². The molecule has 0 amide bonds. The number of aliphatic carboxylic acids is 1. The largest absolute Gasteiger partial charge is 0.550 e. The first-order valence-electron chi connectivity index (χ1n) is 9.52. The molecule has 0 saturated carbocycles. The third-order valence-electron chi connectivity index (χ3n) is 4.57. The summed E-state index contributed by atoms with van der Waals surface area (Å²) in [5.74, 6) is 0.323. The molecule has 0 unspecified atom stereocenters. The first-order valence-corrected chi connectivity index (χ1v) is 9.52. The zero-order valence-corrected chi connectivity index (χ0v) is 15.3. The molecule has 0 N–H and O–H groups in total. The van der Waals surface area contributed by atoms with Gasteiger partial charge in [0, 0.05) is 12.4 Å². The number of rotatable bonds is 12. The maximum absolute atomic E-state index is 10.7. The summed E-state index contributed by atoms with van der Waals surface area (Å²) < 4.78 is 4.51. The molecule has 0 aliphatic rings. The molecule has 2 aromatic rings. The Kier molecular flexibility index (Phi) is 8.23. The molecule has 0 aliphatic heterocycles. The van der Waals surface area contributed by atoms with Gasteiger partial charge >= 0.3 is 0 Å². The van der Waals surface area contributed by atoms with Crippen molar-refractivity contribution in [2.24, 2.45) is 0 Å². The van der Waals surface area contributed by atoms with Crippen LogP contribution in [0.25, 0.3) is 0 Å². The zero-order valence-electron chi connectivity index (χ0n) is 15.3. The number of carbonyl (C=O) groups is 1. The van der Waals surface area contributed by atoms with E-state index in [4.69, 9.17) is 0 Å². The molecular formula is C21H30N2O2. The van der Waals surface area contributed by atoms with Crippen molar-refractivity contribution in [2.75, 3.05) is 0 Å². The number of carboxylic acids is 1. The fourth-order valence-electron chi connectivity index (χ4n) is 3.19. The summed E-state index contributed by atoms with van der Waals surface area (Å²) in [5.41, 5.74) is 1.28. The first-order chi connectivity index (χ1) is 12.2. The van der Waals surface area contributed by atoms with Crippen LogP contribution in [0.5, 0.6) is 0 Å². The fraction of sp³-hybridized carbons (Fsp3) is 0.524. The van der Waals surface area contributed by atoms with E-state index in [1.807, 2.05) is 6.07 Å². The van der Waals surface area contributed by atoms with Crippen LogP contribution in [-0.4, -0.2) is 10.5 Å². The van der Waals surface area contributed by atoms with E-state index >= 15 is 0 Å². The van der Waals surface area contributed by atoms with E-state index in [1.165, 1.54) is 43.5 Å². The van der Waals surface area contributed by atoms with Crippen LogP contribution in [0.2, 0.25) is 0 Å². The van der Waals surface area contributed by atoms with Crippen LogP contribution in [0, 0.1) is 0 Å². The lowest BCUT2D eigenvalue weighted by Gasteiger charge is -2.07. The molecule has 4 nitrogen and oxygen atoms in total. The molecule has 1 heterocycles. The highest BCUT2D eigenvalue weighted by Gasteiger charge is 2.16. The van der Waals surface area contributed by atoms with Gasteiger partial charge in [0.05, 0.1) is 6.54 Å². The third-order valence-corrected chi connectivity index (χ3v) is 4.57. The summed E-state index contributed by atoms with van der Waals surface area (Å²) >= 11 is 0. The van der Waals surface area contributed by atoms with Crippen molar-refractivity contribution < 1.29 is 14.5 Å². The predicted molar refractivity (Wildman–Crippen MR) is 96.9 cm³/mol. The predicted octanol–water partition coefficient (Wildman–Crippen LogP) is 2.87. The maximum Gasteiger partial charge on any atom is 0.256 e. The Bertz CT molecular complexity index is 635. The van der Waals surface area contributed by atoms with Gasteiger partial charge in [0.25, 0.3) is 5.82 Å². The minimum Gasteiger partial charge on any atom is -0.550 e. The second-order valence-electron chi connectivity index (χ2n) is 6.66. The van der Waals surface area contributed by atoms with Crippen molar-refractivity contribution in [3.8, 4) is 0 Å². The van der Waals surface area contributed by atoms with Gasteiger partial charge in [0.2, 0.25) is 0 Å². The van der Waals surface area contributed by atoms with Crippen molar-refractivity contribution in [2.45, 2.75) is 71.4 Å². The number of carboxylic acid groups (broad SMARTS) is 1. The highest BCUT2D eigenvalue weighted by molar-refractivity contribution is 5.64. The number of aryl methyl sites for hydroxylation is 1. The van der Waals surface area contributed by atoms with E-state index in [0.717, 1.165) is 19.5 Å². The molecular weight excluding hydrogens is 312 g/mol. The molecule has 4 heteroatoms. The third kappa shape index (κ3) is 6.73. The Hall–Kier alpha value is -2.10. The second-order valence-corrected chi connectivity index (χ2v) is 6.66. The SMILES string of the molecule is CCCCCCCc1n(CCCC(=O)[O-])cc[n+]1Cc1ccccc1. The van der Waals surface area contributed by atoms with E-state index in [-0.39, 0.29) is 6.42 Å². The molecule has 2 rings (SSSR count). The van der Waals surface area contributed by atoms with E-state index in [9.17, 15) is 9.90 Å². The average Bonchev–Trinajstić information content (AvgIpc) is 2.97. The normalized spacial score (nSPS) is 10.9. The van der Waals surface area contributed by atoms with Gasteiger partial charge in [-0.25, -0.2) is 9.13 Å². The summed E-state index contributed by atoms with van der Waals surface area (Å²) in [6.45, 7) is 3.83. The summed E-state index contributed by atoms with van der Waals surface area (Å²) in [6.07, 6.45) is 12.3. The Morgan fingerprint density at radius 3 is 2.56 bits per heavy atom. The molecule has 25 heavy (non-hydrogen) atoms. The van der Waals surface area contributed by atoms with Gasteiger partial charge in [0.15, 0.2) is 0 Å². The van der Waals surface area contributed by atoms with Crippen LogP contribution in [0.4, 0.5) is 0 Å². The van der Waals surface area contributed by atoms with Gasteiger partial charge in [-0.2, -0.15) is 0 Å². The summed E-state index contributed by atoms with van der Waals surface area (Å²) in [6, 6.07) is 10.5. The summed E-state index contributed by atoms with van der Waals surface area (Å²) in [4.78, 5) is 10.7. The number of imidazole rings is 1. The summed E-state index contributed by atoms with van der Waals surface area (Å²) in [7, 11) is 0. The number of carbonyl (C=O) groups excluding carboxylic acids is 1. The molecule has 0 radical (unpaired) electrons. The molecule has 0 atom stereocenters. The number of benzene rings is 1. The molecule has 0 spiro atoms. The van der Waals surface area contributed by atoms with E-state index in [1.54, 1.807) is 0 Å². The topological polar surface area (TPSA) is 48.9 Å². The van der Waals surface area contributed by atoms with Crippen LogP contribution in [0.15, 0.2) is 42.7 Å². The fourth-order valence-corrected chi connectivity index (χ4v) is 3.19. The van der Waals surface area contributed by atoms with Crippen LogP contribution in [0.3, 0.4) is 0 Å². The van der Waals surface area contributed by atoms with Crippen LogP contribution >= 0.6 is 0 Å². The van der Waals surface area contributed by atoms with Gasteiger partial charge in [-0.3, -0.25) is 0 Å². The minimum atomic E-state index is -0.967. The van der Waals surface area contributed by atoms with Gasteiger partial charge in [-0.05, 0) is 24.8 Å². The summed E-state index contributed by atoms with van der Waals surface area (Å²) in [5, 5.41) is 10.7.